The zero-order chi connectivity index (χ0) is 23.7. The Labute approximate surface area is 207 Å². The van der Waals surface area contributed by atoms with Gasteiger partial charge in [-0.3, -0.25) is 9.59 Å². The van der Waals surface area contributed by atoms with Gasteiger partial charge in [0.1, 0.15) is 0 Å². The minimum atomic E-state index is -0.406. The molecule has 0 aliphatic heterocycles. The number of hydrogen-bond donors (Lipinski definition) is 2. The first-order valence-corrected chi connectivity index (χ1v) is 11.4. The van der Waals surface area contributed by atoms with Gasteiger partial charge in [-0.15, -0.1) is 0 Å². The number of carbonyl (C=O) groups is 2. The lowest BCUT2D eigenvalue weighted by Gasteiger charge is -2.08. The molecule has 0 bridgehead atoms. The molecule has 2 rings (SSSR count). The van der Waals surface area contributed by atoms with Gasteiger partial charge in [0.15, 0.2) is 0 Å². The molecule has 2 aromatic carbocycles. The number of amides is 2. The molecule has 32 heavy (non-hydrogen) atoms. The molecule has 2 N–H and O–H groups in total. The van der Waals surface area contributed by atoms with E-state index < -0.39 is 11.8 Å². The van der Waals surface area contributed by atoms with Crippen LogP contribution in [0, 0.1) is 0 Å². The fourth-order valence-corrected chi connectivity index (χ4v) is 3.74. The third kappa shape index (κ3) is 7.78. The van der Waals surface area contributed by atoms with E-state index >= 15 is 0 Å². The third-order valence-corrected chi connectivity index (χ3v) is 5.46. The first-order valence-electron chi connectivity index (χ1n) is 9.86. The van der Waals surface area contributed by atoms with E-state index in [1.807, 2.05) is 13.8 Å². The van der Waals surface area contributed by atoms with Crippen molar-refractivity contribution in [2.75, 3.05) is 0 Å². The summed E-state index contributed by atoms with van der Waals surface area (Å²) < 4.78 is 0. The van der Waals surface area contributed by atoms with E-state index in [1.54, 1.807) is 36.4 Å². The monoisotopic (exact) mass is 514 g/mol. The Morgan fingerprint density at radius 3 is 1.41 bits per heavy atom. The maximum absolute atomic E-state index is 12.1. The quantitative estimate of drug-likeness (QED) is 0.306. The van der Waals surface area contributed by atoms with Crippen molar-refractivity contribution < 1.29 is 9.59 Å². The van der Waals surface area contributed by atoms with E-state index in [1.165, 1.54) is 0 Å². The summed E-state index contributed by atoms with van der Waals surface area (Å²) in [6.45, 7) is 3.78. The summed E-state index contributed by atoms with van der Waals surface area (Å²) in [6.07, 6.45) is 0.979. The smallest absolute Gasteiger partial charge is 0.240 e. The van der Waals surface area contributed by atoms with Crippen LogP contribution >= 0.6 is 46.4 Å². The van der Waals surface area contributed by atoms with Gasteiger partial charge in [0.05, 0.1) is 21.5 Å². The lowest BCUT2D eigenvalue weighted by atomic mass is 10.1. The first-order chi connectivity index (χ1) is 15.2. The lowest BCUT2D eigenvalue weighted by Crippen LogP contribution is -2.24. The Morgan fingerprint density at radius 1 is 0.719 bits per heavy atom. The van der Waals surface area contributed by atoms with Gasteiger partial charge in [-0.05, 0) is 37.1 Å². The molecular weight excluding hydrogens is 494 g/mol. The van der Waals surface area contributed by atoms with Crippen LogP contribution in [-0.4, -0.2) is 23.2 Å². The number of benzene rings is 2. The summed E-state index contributed by atoms with van der Waals surface area (Å²) in [5.41, 5.74) is 7.47. The van der Waals surface area contributed by atoms with Gasteiger partial charge in [-0.2, -0.15) is 10.2 Å². The van der Waals surface area contributed by atoms with E-state index in [9.17, 15) is 9.59 Å². The van der Waals surface area contributed by atoms with Crippen LogP contribution in [0.2, 0.25) is 20.1 Å². The average Bonchev–Trinajstić information content (AvgIpc) is 2.75. The molecular formula is C22H22Cl4N4O2. The SMILES string of the molecule is CC/C(=N\NC(=O)CCC(=O)N/N=C(\CC)c1ccc(Cl)cc1Cl)c1ccc(Cl)cc1Cl. The summed E-state index contributed by atoms with van der Waals surface area (Å²) in [5.74, 6) is -0.812. The van der Waals surface area contributed by atoms with Crippen LogP contribution in [0.15, 0.2) is 46.6 Å². The molecule has 0 saturated carbocycles. The van der Waals surface area contributed by atoms with Gasteiger partial charge in [0.2, 0.25) is 11.8 Å². The summed E-state index contributed by atoms with van der Waals surface area (Å²) in [6, 6.07) is 10.1. The van der Waals surface area contributed by atoms with Crippen LogP contribution in [0.25, 0.3) is 0 Å². The molecule has 170 valence electrons. The molecule has 0 saturated heterocycles. The molecule has 2 aromatic rings. The molecule has 0 unspecified atom stereocenters. The largest absolute Gasteiger partial charge is 0.273 e. The van der Waals surface area contributed by atoms with Gasteiger partial charge < -0.3 is 0 Å². The Hall–Kier alpha value is -2.12. The highest BCUT2D eigenvalue weighted by Gasteiger charge is 2.11. The second-order valence-electron chi connectivity index (χ2n) is 6.64. The number of nitrogens with zero attached hydrogens (tertiary/aromatic N) is 2. The average molecular weight is 516 g/mol. The Morgan fingerprint density at radius 2 is 1.09 bits per heavy atom. The maximum atomic E-state index is 12.1. The van der Waals surface area contributed by atoms with E-state index in [0.29, 0.717) is 55.5 Å². The van der Waals surface area contributed by atoms with Crippen LogP contribution in [-0.2, 0) is 9.59 Å². The molecule has 0 fully saturated rings. The molecule has 0 spiro atoms. The van der Waals surface area contributed by atoms with E-state index in [4.69, 9.17) is 46.4 Å². The van der Waals surface area contributed by atoms with Crippen molar-refractivity contribution in [2.24, 2.45) is 10.2 Å². The van der Waals surface area contributed by atoms with Gasteiger partial charge in [-0.25, -0.2) is 10.9 Å². The van der Waals surface area contributed by atoms with Crippen LogP contribution < -0.4 is 10.9 Å². The maximum Gasteiger partial charge on any atom is 0.240 e. The summed E-state index contributed by atoms with van der Waals surface area (Å²) in [7, 11) is 0. The van der Waals surface area contributed by atoms with Crippen LogP contribution in [0.1, 0.15) is 50.7 Å². The van der Waals surface area contributed by atoms with Crippen LogP contribution in [0.5, 0.6) is 0 Å². The summed E-state index contributed by atoms with van der Waals surface area (Å²) >= 11 is 24.2. The molecule has 0 aliphatic rings. The number of hydrogen-bond acceptors (Lipinski definition) is 4. The molecule has 0 atom stereocenters. The Bertz CT molecular complexity index is 971. The van der Waals surface area contributed by atoms with Gasteiger partial charge >= 0.3 is 0 Å². The molecule has 10 heteroatoms. The van der Waals surface area contributed by atoms with E-state index in [-0.39, 0.29) is 12.8 Å². The lowest BCUT2D eigenvalue weighted by molar-refractivity contribution is -0.126. The minimum Gasteiger partial charge on any atom is -0.273 e. The van der Waals surface area contributed by atoms with Gasteiger partial charge in [0.25, 0.3) is 0 Å². The normalized spacial score (nSPS) is 11.9. The second-order valence-corrected chi connectivity index (χ2v) is 8.33. The molecule has 0 aliphatic carbocycles. The zero-order valence-electron chi connectivity index (χ0n) is 17.5. The van der Waals surface area contributed by atoms with Crippen molar-refractivity contribution in [2.45, 2.75) is 39.5 Å². The number of nitrogens with one attached hydrogen (secondary N) is 2. The number of halogens is 4. The Balaban J connectivity index is 1.92. The minimum absolute atomic E-state index is 0.0562. The van der Waals surface area contributed by atoms with Crippen molar-refractivity contribution in [1.82, 2.24) is 10.9 Å². The van der Waals surface area contributed by atoms with Crippen LogP contribution in [0.3, 0.4) is 0 Å². The highest BCUT2D eigenvalue weighted by Crippen LogP contribution is 2.23. The fourth-order valence-electron chi connectivity index (χ4n) is 2.71. The van der Waals surface area contributed by atoms with Crippen molar-refractivity contribution >= 4 is 69.6 Å². The van der Waals surface area contributed by atoms with Crippen molar-refractivity contribution in [3.63, 3.8) is 0 Å². The topological polar surface area (TPSA) is 82.9 Å². The van der Waals surface area contributed by atoms with E-state index in [0.717, 1.165) is 0 Å². The highest BCUT2D eigenvalue weighted by molar-refractivity contribution is 6.37. The predicted octanol–water partition coefficient (Wildman–Crippen LogP) is 6.24. The second kappa shape index (κ2) is 12.8. The summed E-state index contributed by atoms with van der Waals surface area (Å²) in [5, 5.41) is 10.2. The molecule has 0 aromatic heterocycles. The van der Waals surface area contributed by atoms with Crippen LogP contribution in [0.4, 0.5) is 0 Å². The number of carbonyl (C=O) groups excluding carboxylic acids is 2. The summed E-state index contributed by atoms with van der Waals surface area (Å²) in [4.78, 5) is 24.2. The molecule has 0 heterocycles. The number of hydrazone groups is 2. The molecule has 0 radical (unpaired) electrons. The first kappa shape index (κ1) is 26.1. The van der Waals surface area contributed by atoms with E-state index in [2.05, 4.69) is 21.1 Å². The fraction of sp³-hybridized carbons (Fsp3) is 0.273. The molecule has 6 nitrogen and oxygen atoms in total. The van der Waals surface area contributed by atoms with Gasteiger partial charge in [0, 0.05) is 34.0 Å². The van der Waals surface area contributed by atoms with Crippen molar-refractivity contribution in [3.05, 3.63) is 67.6 Å². The third-order valence-electron chi connectivity index (χ3n) is 4.36. The van der Waals surface area contributed by atoms with Crippen molar-refractivity contribution in [3.8, 4) is 0 Å². The Kier molecular flexibility index (Phi) is 10.5. The highest BCUT2D eigenvalue weighted by atomic mass is 35.5. The number of rotatable bonds is 9. The predicted molar refractivity (Wildman–Crippen MR) is 132 cm³/mol. The standard InChI is InChI=1S/C22H22Cl4N4O2/c1-3-19(15-7-5-13(23)11-17(15)25)27-29-21(31)9-10-22(32)30-28-20(4-2)16-8-6-14(24)12-18(16)26/h5-8,11-12H,3-4,9-10H2,1-2H3,(H,29,31)(H,30,32)/b27-19+,28-20+. The molecule has 2 amide bonds. The zero-order valence-corrected chi connectivity index (χ0v) is 20.5. The van der Waals surface area contributed by atoms with Crippen molar-refractivity contribution in [1.29, 1.82) is 0 Å². The van der Waals surface area contributed by atoms with Gasteiger partial charge in [-0.1, -0.05) is 72.4 Å².